The number of imide groups is 1. The highest BCUT2D eigenvalue weighted by Gasteiger charge is 2.56. The molecule has 1 spiro atoms. The Labute approximate surface area is 133 Å². The standard InChI is InChI=1S/C16H29N3O3/c1-12(2)10-19-14(20)16(17(4)15(19)21)6-8-18(9-7-16)13(3)11-22-5/h12-13H,6-11H2,1-5H3/t13-/m0/s1. The van der Waals surface area contributed by atoms with Crippen LogP contribution in [0.4, 0.5) is 4.79 Å². The van der Waals surface area contributed by atoms with E-state index in [1.54, 1.807) is 19.1 Å². The van der Waals surface area contributed by atoms with Gasteiger partial charge in [-0.05, 0) is 25.7 Å². The van der Waals surface area contributed by atoms with Crippen LogP contribution in [0.5, 0.6) is 0 Å². The van der Waals surface area contributed by atoms with Crippen LogP contribution in [0.15, 0.2) is 0 Å². The number of carbonyl (C=O) groups excluding carboxylic acids is 2. The normalized spacial score (nSPS) is 23.9. The highest BCUT2D eigenvalue weighted by molar-refractivity contribution is 6.07. The number of hydrogen-bond donors (Lipinski definition) is 0. The number of nitrogens with zero attached hydrogens (tertiary/aromatic N) is 3. The Bertz CT molecular complexity index is 430. The Hall–Kier alpha value is -1.14. The molecule has 6 heteroatoms. The molecule has 22 heavy (non-hydrogen) atoms. The number of piperidine rings is 1. The van der Waals surface area contributed by atoms with E-state index in [1.165, 1.54) is 4.90 Å². The zero-order chi connectivity index (χ0) is 16.5. The zero-order valence-corrected chi connectivity index (χ0v) is 14.5. The van der Waals surface area contributed by atoms with E-state index in [4.69, 9.17) is 4.74 Å². The molecule has 2 saturated heterocycles. The second-order valence-electron chi connectivity index (χ2n) is 7.02. The molecule has 0 aliphatic carbocycles. The number of amides is 3. The largest absolute Gasteiger partial charge is 0.383 e. The van der Waals surface area contributed by atoms with Gasteiger partial charge in [-0.25, -0.2) is 4.79 Å². The lowest BCUT2D eigenvalue weighted by atomic mass is 9.85. The van der Waals surface area contributed by atoms with Crippen LogP contribution in [0.25, 0.3) is 0 Å². The van der Waals surface area contributed by atoms with Crippen molar-refractivity contribution >= 4 is 11.9 Å². The number of rotatable bonds is 5. The Morgan fingerprint density at radius 2 is 1.77 bits per heavy atom. The van der Waals surface area contributed by atoms with E-state index in [0.717, 1.165) is 13.1 Å². The first-order chi connectivity index (χ1) is 10.3. The van der Waals surface area contributed by atoms with Gasteiger partial charge in [-0.3, -0.25) is 14.6 Å². The summed E-state index contributed by atoms with van der Waals surface area (Å²) < 4.78 is 5.21. The summed E-state index contributed by atoms with van der Waals surface area (Å²) in [6.45, 7) is 9.04. The fourth-order valence-corrected chi connectivity index (χ4v) is 3.60. The highest BCUT2D eigenvalue weighted by atomic mass is 16.5. The minimum Gasteiger partial charge on any atom is -0.383 e. The predicted octanol–water partition coefficient (Wildman–Crippen LogP) is 1.41. The number of hydrogen-bond acceptors (Lipinski definition) is 4. The Kier molecular flexibility index (Phi) is 5.12. The van der Waals surface area contributed by atoms with E-state index in [-0.39, 0.29) is 11.9 Å². The quantitative estimate of drug-likeness (QED) is 0.720. The van der Waals surface area contributed by atoms with Gasteiger partial charge in [0.1, 0.15) is 5.54 Å². The number of carbonyl (C=O) groups is 2. The maximum absolute atomic E-state index is 12.9. The summed E-state index contributed by atoms with van der Waals surface area (Å²) in [4.78, 5) is 30.8. The van der Waals surface area contributed by atoms with Crippen molar-refractivity contribution in [2.75, 3.05) is 40.4 Å². The molecule has 0 aromatic rings. The van der Waals surface area contributed by atoms with Crippen LogP contribution in [0, 0.1) is 5.92 Å². The van der Waals surface area contributed by atoms with Crippen LogP contribution in [0.1, 0.15) is 33.6 Å². The third-order valence-electron chi connectivity index (χ3n) is 5.01. The van der Waals surface area contributed by atoms with Crippen molar-refractivity contribution in [2.24, 2.45) is 5.92 Å². The molecule has 0 bridgehead atoms. The number of likely N-dealkylation sites (N-methyl/N-ethyl adjacent to an activating group) is 1. The fraction of sp³-hybridized carbons (Fsp3) is 0.875. The van der Waals surface area contributed by atoms with Crippen LogP contribution in [-0.4, -0.2) is 78.6 Å². The van der Waals surface area contributed by atoms with Gasteiger partial charge in [0.25, 0.3) is 5.91 Å². The number of ether oxygens (including phenoxy) is 1. The van der Waals surface area contributed by atoms with Gasteiger partial charge < -0.3 is 9.64 Å². The van der Waals surface area contributed by atoms with Crippen LogP contribution in [-0.2, 0) is 9.53 Å². The second-order valence-corrected chi connectivity index (χ2v) is 7.02. The molecular weight excluding hydrogens is 282 g/mol. The molecule has 6 nitrogen and oxygen atoms in total. The van der Waals surface area contributed by atoms with Crippen molar-refractivity contribution in [1.29, 1.82) is 0 Å². The van der Waals surface area contributed by atoms with Gasteiger partial charge in [-0.2, -0.15) is 0 Å². The molecule has 2 aliphatic rings. The highest BCUT2D eigenvalue weighted by Crippen LogP contribution is 2.36. The third-order valence-corrected chi connectivity index (χ3v) is 5.01. The minimum atomic E-state index is -0.630. The van der Waals surface area contributed by atoms with Crippen molar-refractivity contribution in [1.82, 2.24) is 14.7 Å². The first-order valence-electron chi connectivity index (χ1n) is 8.16. The monoisotopic (exact) mass is 311 g/mol. The number of methoxy groups -OCH3 is 1. The van der Waals surface area contributed by atoms with Gasteiger partial charge in [0, 0.05) is 39.8 Å². The summed E-state index contributed by atoms with van der Waals surface area (Å²) in [5, 5.41) is 0. The summed E-state index contributed by atoms with van der Waals surface area (Å²) >= 11 is 0. The van der Waals surface area contributed by atoms with E-state index < -0.39 is 5.54 Å². The van der Waals surface area contributed by atoms with Crippen molar-refractivity contribution < 1.29 is 14.3 Å². The third kappa shape index (κ3) is 2.86. The van der Waals surface area contributed by atoms with Crippen molar-refractivity contribution in [3.05, 3.63) is 0 Å². The lowest BCUT2D eigenvalue weighted by Crippen LogP contribution is -2.57. The summed E-state index contributed by atoms with van der Waals surface area (Å²) in [6, 6.07) is 0.198. The van der Waals surface area contributed by atoms with Gasteiger partial charge in [0.15, 0.2) is 0 Å². The Morgan fingerprint density at radius 3 is 2.27 bits per heavy atom. The van der Waals surface area contributed by atoms with Gasteiger partial charge in [0.05, 0.1) is 6.61 Å². The van der Waals surface area contributed by atoms with Gasteiger partial charge in [-0.15, -0.1) is 0 Å². The molecule has 0 unspecified atom stereocenters. The lowest BCUT2D eigenvalue weighted by molar-refractivity contribution is -0.136. The molecule has 2 fully saturated rings. The molecule has 0 saturated carbocycles. The Balaban J connectivity index is 2.09. The molecule has 0 N–H and O–H groups in total. The van der Waals surface area contributed by atoms with Crippen LogP contribution >= 0.6 is 0 Å². The van der Waals surface area contributed by atoms with Crippen molar-refractivity contribution in [3.63, 3.8) is 0 Å². The number of urea groups is 1. The van der Waals surface area contributed by atoms with Crippen LogP contribution in [0.2, 0.25) is 0 Å². The first-order valence-corrected chi connectivity index (χ1v) is 8.16. The van der Waals surface area contributed by atoms with Gasteiger partial charge >= 0.3 is 6.03 Å². The molecule has 2 rings (SSSR count). The molecule has 3 amide bonds. The van der Waals surface area contributed by atoms with Gasteiger partial charge in [-0.1, -0.05) is 13.8 Å². The van der Waals surface area contributed by atoms with E-state index in [2.05, 4.69) is 11.8 Å². The topological polar surface area (TPSA) is 53.1 Å². The molecular formula is C16H29N3O3. The lowest BCUT2D eigenvalue weighted by Gasteiger charge is -2.42. The molecule has 0 aromatic carbocycles. The Morgan fingerprint density at radius 1 is 1.18 bits per heavy atom. The molecule has 2 heterocycles. The maximum atomic E-state index is 12.9. The van der Waals surface area contributed by atoms with Crippen LogP contribution < -0.4 is 0 Å². The van der Waals surface area contributed by atoms with Crippen LogP contribution in [0.3, 0.4) is 0 Å². The first kappa shape index (κ1) is 17.2. The molecule has 1 atom stereocenters. The molecule has 126 valence electrons. The summed E-state index contributed by atoms with van der Waals surface area (Å²) in [5.41, 5.74) is -0.630. The van der Waals surface area contributed by atoms with Crippen molar-refractivity contribution in [3.8, 4) is 0 Å². The zero-order valence-electron chi connectivity index (χ0n) is 14.5. The van der Waals surface area contributed by atoms with Gasteiger partial charge in [0.2, 0.25) is 0 Å². The van der Waals surface area contributed by atoms with Crippen molar-refractivity contribution in [2.45, 2.75) is 45.2 Å². The smallest absolute Gasteiger partial charge is 0.327 e. The van der Waals surface area contributed by atoms with E-state index >= 15 is 0 Å². The summed E-state index contributed by atoms with van der Waals surface area (Å²) in [5.74, 6) is 0.283. The van der Waals surface area contributed by atoms with E-state index in [9.17, 15) is 9.59 Å². The SMILES string of the molecule is COC[C@H](C)N1CCC2(CC1)C(=O)N(CC(C)C)C(=O)N2C. The summed E-state index contributed by atoms with van der Waals surface area (Å²) in [6.07, 6.45) is 1.41. The maximum Gasteiger partial charge on any atom is 0.327 e. The predicted molar refractivity (Wildman–Crippen MR) is 84.6 cm³/mol. The summed E-state index contributed by atoms with van der Waals surface area (Å²) in [7, 11) is 3.48. The minimum absolute atomic E-state index is 0.00672. The molecule has 0 aromatic heterocycles. The van der Waals surface area contributed by atoms with E-state index in [1.807, 2.05) is 13.8 Å². The van der Waals surface area contributed by atoms with E-state index in [0.29, 0.717) is 38.0 Å². The average Bonchev–Trinajstić information content (AvgIpc) is 2.64. The second kappa shape index (κ2) is 6.54. The molecule has 2 aliphatic heterocycles. The fourth-order valence-electron chi connectivity index (χ4n) is 3.60. The average molecular weight is 311 g/mol. The molecule has 0 radical (unpaired) electrons. The number of likely N-dealkylation sites (tertiary alicyclic amines) is 1.